The Morgan fingerprint density at radius 1 is 1.12 bits per heavy atom. The highest BCUT2D eigenvalue weighted by atomic mass is 19.3. The second kappa shape index (κ2) is 8.71. The van der Waals surface area contributed by atoms with E-state index in [0.29, 0.717) is 19.1 Å². The first-order valence-corrected chi connectivity index (χ1v) is 11.8. The van der Waals surface area contributed by atoms with Crippen LogP contribution in [0.3, 0.4) is 0 Å². The number of halogens is 2. The maximum absolute atomic E-state index is 13.5. The molecule has 0 spiro atoms. The highest BCUT2D eigenvalue weighted by molar-refractivity contribution is 5.75. The van der Waals surface area contributed by atoms with E-state index in [1.807, 2.05) is 11.0 Å². The number of aryl methyl sites for hydroxylation is 1. The molecule has 1 saturated carbocycles. The molecular weight excluding hydrogens is 412 g/mol. The summed E-state index contributed by atoms with van der Waals surface area (Å²) in [7, 11) is 1.65. The van der Waals surface area contributed by atoms with Gasteiger partial charge in [-0.2, -0.15) is 5.10 Å². The molecule has 1 N–H and O–H groups in total. The Morgan fingerprint density at radius 2 is 1.94 bits per heavy atom. The Bertz CT molecular complexity index is 999. The summed E-state index contributed by atoms with van der Waals surface area (Å²) in [4.78, 5) is 16.3. The van der Waals surface area contributed by atoms with E-state index in [1.165, 1.54) is 31.0 Å². The number of amides is 2. The molecule has 32 heavy (non-hydrogen) atoms. The highest BCUT2D eigenvalue weighted by Crippen LogP contribution is 2.41. The van der Waals surface area contributed by atoms with Crippen LogP contribution >= 0.6 is 0 Å². The van der Waals surface area contributed by atoms with Gasteiger partial charge in [-0.05, 0) is 37.3 Å². The monoisotopic (exact) mass is 443 g/mol. The van der Waals surface area contributed by atoms with Crippen LogP contribution in [0.2, 0.25) is 0 Å². The van der Waals surface area contributed by atoms with Gasteiger partial charge in [0.25, 0.3) is 6.43 Å². The zero-order chi connectivity index (χ0) is 22.2. The van der Waals surface area contributed by atoms with Gasteiger partial charge < -0.3 is 15.1 Å². The van der Waals surface area contributed by atoms with Crippen molar-refractivity contribution >= 4 is 17.5 Å². The third kappa shape index (κ3) is 3.73. The van der Waals surface area contributed by atoms with Crippen LogP contribution in [0.5, 0.6) is 0 Å². The van der Waals surface area contributed by atoms with Gasteiger partial charge in [-0.25, -0.2) is 13.6 Å². The third-order valence-corrected chi connectivity index (χ3v) is 7.22. The van der Waals surface area contributed by atoms with Crippen LogP contribution in [-0.4, -0.2) is 40.8 Å². The molecule has 0 bridgehead atoms. The predicted molar refractivity (Wildman–Crippen MR) is 120 cm³/mol. The zero-order valence-electron chi connectivity index (χ0n) is 18.6. The molecule has 6 nitrogen and oxygen atoms in total. The number of benzene rings is 1. The number of alkyl halides is 2. The molecule has 172 valence electrons. The molecule has 0 unspecified atom stereocenters. The summed E-state index contributed by atoms with van der Waals surface area (Å²) in [6, 6.07) is 5.30. The Balaban J connectivity index is 1.59. The average molecular weight is 444 g/mol. The molecular formula is C24H31F2N5O. The van der Waals surface area contributed by atoms with Crippen LogP contribution in [0.15, 0.2) is 18.2 Å². The predicted octanol–water partition coefficient (Wildman–Crippen LogP) is 5.11. The molecule has 1 fully saturated rings. The maximum Gasteiger partial charge on any atom is 0.317 e. The molecule has 2 aliphatic heterocycles. The van der Waals surface area contributed by atoms with Crippen LogP contribution in [0, 0.1) is 0 Å². The van der Waals surface area contributed by atoms with E-state index in [2.05, 4.69) is 14.9 Å². The van der Waals surface area contributed by atoms with Crippen molar-refractivity contribution in [3.8, 4) is 0 Å². The van der Waals surface area contributed by atoms with Gasteiger partial charge in [-0.1, -0.05) is 31.4 Å². The van der Waals surface area contributed by atoms with Crippen molar-refractivity contribution in [2.24, 2.45) is 0 Å². The fourth-order valence-corrected chi connectivity index (χ4v) is 5.55. The topological polar surface area (TPSA) is 53.4 Å². The van der Waals surface area contributed by atoms with Crippen molar-refractivity contribution in [1.82, 2.24) is 20.0 Å². The van der Waals surface area contributed by atoms with Gasteiger partial charge in [0.15, 0.2) is 5.82 Å². The summed E-state index contributed by atoms with van der Waals surface area (Å²) in [5.74, 6) is 0.839. The van der Waals surface area contributed by atoms with Crippen LogP contribution in [0.25, 0.3) is 0 Å². The molecule has 8 heteroatoms. The standard InChI is InChI=1S/C24H31F2N5O/c1-27-24(32)29-13-11-20-19(15-29)23(28-31(20)18-7-3-2-4-8-18)30-12-5-6-16-9-10-17(22(25)26)14-21(16)30/h9-10,14,18,22H,2-8,11-13,15H2,1H3,(H,27,32). The number of nitrogens with one attached hydrogen (secondary N) is 1. The molecule has 0 saturated heterocycles. The van der Waals surface area contributed by atoms with Gasteiger partial charge in [0.1, 0.15) is 0 Å². The second-order valence-corrected chi connectivity index (χ2v) is 9.16. The fraction of sp³-hybridized carbons (Fsp3) is 0.583. The summed E-state index contributed by atoms with van der Waals surface area (Å²) < 4.78 is 29.2. The number of fused-ring (bicyclic) bond motifs is 2. The van der Waals surface area contributed by atoms with E-state index in [0.717, 1.165) is 61.3 Å². The number of urea groups is 1. The second-order valence-electron chi connectivity index (χ2n) is 9.16. The minimum atomic E-state index is -2.50. The Morgan fingerprint density at radius 3 is 2.69 bits per heavy atom. The number of rotatable bonds is 3. The maximum atomic E-state index is 13.5. The molecule has 1 aromatic carbocycles. The van der Waals surface area contributed by atoms with E-state index < -0.39 is 6.43 Å². The SMILES string of the molecule is CNC(=O)N1CCc2c(c(N3CCCc4ccc(C(F)F)cc43)nn2C2CCCCC2)C1. The van der Waals surface area contributed by atoms with Crippen molar-refractivity contribution in [2.75, 3.05) is 25.0 Å². The molecule has 0 atom stereocenters. The largest absolute Gasteiger partial charge is 0.341 e. The average Bonchev–Trinajstić information content (AvgIpc) is 3.22. The summed E-state index contributed by atoms with van der Waals surface area (Å²) in [6.45, 7) is 1.90. The first-order chi connectivity index (χ1) is 15.6. The molecule has 2 amide bonds. The van der Waals surface area contributed by atoms with Gasteiger partial charge in [0.05, 0.1) is 12.6 Å². The number of nitrogens with zero attached hydrogens (tertiary/aromatic N) is 4. The van der Waals surface area contributed by atoms with Crippen molar-refractivity contribution in [2.45, 2.75) is 70.4 Å². The van der Waals surface area contributed by atoms with Crippen molar-refractivity contribution in [3.63, 3.8) is 0 Å². The molecule has 1 aliphatic carbocycles. The lowest BCUT2D eigenvalue weighted by atomic mass is 9.95. The van der Waals surface area contributed by atoms with Crippen LogP contribution in [0.1, 0.15) is 73.4 Å². The van der Waals surface area contributed by atoms with Gasteiger partial charge in [-0.3, -0.25) is 4.68 Å². The quantitative estimate of drug-likeness (QED) is 0.717. The van der Waals surface area contributed by atoms with Gasteiger partial charge >= 0.3 is 6.03 Å². The third-order valence-electron chi connectivity index (χ3n) is 7.22. The number of anilines is 2. The van der Waals surface area contributed by atoms with Gasteiger partial charge in [0.2, 0.25) is 0 Å². The van der Waals surface area contributed by atoms with Gasteiger partial charge in [-0.15, -0.1) is 0 Å². The lowest BCUT2D eigenvalue weighted by Crippen LogP contribution is -2.42. The van der Waals surface area contributed by atoms with Crippen molar-refractivity contribution in [1.29, 1.82) is 0 Å². The highest BCUT2D eigenvalue weighted by Gasteiger charge is 2.33. The molecule has 1 aromatic heterocycles. The van der Waals surface area contributed by atoms with E-state index >= 15 is 0 Å². The van der Waals surface area contributed by atoms with E-state index in [9.17, 15) is 13.6 Å². The number of hydrogen-bond donors (Lipinski definition) is 1. The Kier molecular flexibility index (Phi) is 5.78. The minimum Gasteiger partial charge on any atom is -0.341 e. The Hall–Kier alpha value is -2.64. The van der Waals surface area contributed by atoms with Crippen molar-refractivity contribution < 1.29 is 13.6 Å². The number of carbonyl (C=O) groups is 1. The summed E-state index contributed by atoms with van der Waals surface area (Å²) >= 11 is 0. The van der Waals surface area contributed by atoms with E-state index in [4.69, 9.17) is 5.10 Å². The first-order valence-electron chi connectivity index (χ1n) is 11.8. The minimum absolute atomic E-state index is 0.0446. The lowest BCUT2D eigenvalue weighted by Gasteiger charge is -2.33. The summed E-state index contributed by atoms with van der Waals surface area (Å²) in [6.07, 6.45) is 6.04. The van der Waals surface area contributed by atoms with Crippen molar-refractivity contribution in [3.05, 3.63) is 40.6 Å². The molecule has 3 aliphatic rings. The number of carbonyl (C=O) groups excluding carboxylic acids is 1. The summed E-state index contributed by atoms with van der Waals surface area (Å²) in [5.41, 5.74) is 4.25. The normalized spacial score (nSPS) is 19.1. The number of hydrogen-bond acceptors (Lipinski definition) is 3. The number of aromatic nitrogens is 2. The smallest absolute Gasteiger partial charge is 0.317 e. The molecule has 2 aromatic rings. The molecule has 3 heterocycles. The molecule has 5 rings (SSSR count). The first kappa shape index (κ1) is 21.2. The van der Waals surface area contributed by atoms with Crippen LogP contribution in [0.4, 0.5) is 25.1 Å². The Labute approximate surface area is 187 Å². The zero-order valence-corrected chi connectivity index (χ0v) is 18.6. The van der Waals surface area contributed by atoms with Crippen LogP contribution in [-0.2, 0) is 19.4 Å². The molecule has 0 radical (unpaired) electrons. The lowest BCUT2D eigenvalue weighted by molar-refractivity contribution is 0.151. The fourth-order valence-electron chi connectivity index (χ4n) is 5.55. The van der Waals surface area contributed by atoms with E-state index in [-0.39, 0.29) is 11.6 Å². The van der Waals surface area contributed by atoms with E-state index in [1.54, 1.807) is 13.1 Å². The summed E-state index contributed by atoms with van der Waals surface area (Å²) in [5, 5.41) is 7.86. The van der Waals surface area contributed by atoms with Gasteiger partial charge in [0, 0.05) is 49.1 Å². The van der Waals surface area contributed by atoms with Crippen LogP contribution < -0.4 is 10.2 Å².